The zero-order chi connectivity index (χ0) is 18.7. The van der Waals surface area contributed by atoms with Crippen LogP contribution in [0.5, 0.6) is 0 Å². The smallest absolute Gasteiger partial charge is 0.322 e. The lowest BCUT2D eigenvalue weighted by atomic mass is 9.77. The predicted molar refractivity (Wildman–Crippen MR) is 101 cm³/mol. The number of rotatable bonds is 5. The van der Waals surface area contributed by atoms with Gasteiger partial charge in [-0.05, 0) is 43.9 Å². The van der Waals surface area contributed by atoms with Crippen molar-refractivity contribution in [3.63, 3.8) is 0 Å². The molecular formula is C20H29N3O3. The van der Waals surface area contributed by atoms with Gasteiger partial charge in [0.15, 0.2) is 0 Å². The van der Waals surface area contributed by atoms with Gasteiger partial charge in [0.2, 0.25) is 0 Å². The summed E-state index contributed by atoms with van der Waals surface area (Å²) in [6.45, 7) is 6.75. The number of hydrogen-bond acceptors (Lipinski definition) is 3. The zero-order valence-electron chi connectivity index (χ0n) is 15.8. The van der Waals surface area contributed by atoms with Crippen LogP contribution in [0.1, 0.15) is 48.5 Å². The number of amides is 3. The Labute approximate surface area is 155 Å². The number of carbonyl (C=O) groups is 2. The largest absolute Gasteiger partial charge is 0.396 e. The van der Waals surface area contributed by atoms with E-state index in [2.05, 4.69) is 12.2 Å². The summed E-state index contributed by atoms with van der Waals surface area (Å²) in [7, 11) is 0. The quantitative estimate of drug-likeness (QED) is 0.848. The van der Waals surface area contributed by atoms with Crippen LogP contribution in [0.25, 0.3) is 0 Å². The Morgan fingerprint density at radius 3 is 2.81 bits per heavy atom. The molecule has 0 saturated carbocycles. The van der Waals surface area contributed by atoms with Crippen molar-refractivity contribution in [1.82, 2.24) is 10.2 Å². The fraction of sp³-hybridized carbons (Fsp3) is 0.600. The van der Waals surface area contributed by atoms with Gasteiger partial charge in [0.1, 0.15) is 0 Å². The Morgan fingerprint density at radius 2 is 2.15 bits per heavy atom. The van der Waals surface area contributed by atoms with Crippen LogP contribution < -0.4 is 10.2 Å². The molecule has 2 aliphatic rings. The van der Waals surface area contributed by atoms with Crippen molar-refractivity contribution in [1.29, 1.82) is 0 Å². The van der Waals surface area contributed by atoms with Crippen LogP contribution in [0.4, 0.5) is 10.5 Å². The third-order valence-corrected chi connectivity index (χ3v) is 5.67. The summed E-state index contributed by atoms with van der Waals surface area (Å²) in [4.78, 5) is 28.7. The van der Waals surface area contributed by atoms with Gasteiger partial charge in [-0.25, -0.2) is 4.79 Å². The number of urea groups is 1. The summed E-state index contributed by atoms with van der Waals surface area (Å²) in [5, 5.41) is 12.7. The van der Waals surface area contributed by atoms with E-state index >= 15 is 0 Å². The summed E-state index contributed by atoms with van der Waals surface area (Å²) >= 11 is 0. The first-order valence-electron chi connectivity index (χ1n) is 9.56. The minimum Gasteiger partial charge on any atom is -0.396 e. The summed E-state index contributed by atoms with van der Waals surface area (Å²) in [6, 6.07) is 5.46. The van der Waals surface area contributed by atoms with Crippen LogP contribution in [-0.2, 0) is 0 Å². The molecular weight excluding hydrogens is 330 g/mol. The molecule has 0 unspecified atom stereocenters. The van der Waals surface area contributed by atoms with Gasteiger partial charge in [-0.2, -0.15) is 0 Å². The maximum absolute atomic E-state index is 13.1. The van der Waals surface area contributed by atoms with Crippen molar-refractivity contribution in [3.8, 4) is 0 Å². The van der Waals surface area contributed by atoms with E-state index in [1.165, 1.54) is 0 Å². The van der Waals surface area contributed by atoms with Gasteiger partial charge in [-0.1, -0.05) is 19.4 Å². The Balaban J connectivity index is 1.82. The van der Waals surface area contributed by atoms with Crippen LogP contribution in [0.15, 0.2) is 18.2 Å². The molecule has 1 aromatic carbocycles. The van der Waals surface area contributed by atoms with Crippen LogP contribution in [0.3, 0.4) is 0 Å². The van der Waals surface area contributed by atoms with E-state index in [-0.39, 0.29) is 24.0 Å². The topological polar surface area (TPSA) is 72.9 Å². The van der Waals surface area contributed by atoms with Gasteiger partial charge in [0, 0.05) is 42.8 Å². The van der Waals surface area contributed by atoms with Gasteiger partial charge >= 0.3 is 6.03 Å². The highest BCUT2D eigenvalue weighted by atomic mass is 16.3. The molecule has 6 nitrogen and oxygen atoms in total. The van der Waals surface area contributed by atoms with Gasteiger partial charge < -0.3 is 15.3 Å². The molecule has 0 spiro atoms. The lowest BCUT2D eigenvalue weighted by Crippen LogP contribution is -2.47. The Morgan fingerprint density at radius 1 is 1.35 bits per heavy atom. The highest BCUT2D eigenvalue weighted by molar-refractivity contribution is 5.99. The molecule has 2 saturated heterocycles. The maximum Gasteiger partial charge on any atom is 0.322 e. The minimum absolute atomic E-state index is 0.0144. The van der Waals surface area contributed by atoms with E-state index in [1.54, 1.807) is 4.90 Å². The van der Waals surface area contributed by atoms with Crippen molar-refractivity contribution in [2.75, 3.05) is 37.7 Å². The molecule has 0 aliphatic carbocycles. The summed E-state index contributed by atoms with van der Waals surface area (Å²) in [5.41, 5.74) is 2.21. The van der Waals surface area contributed by atoms with Crippen molar-refractivity contribution < 1.29 is 14.7 Å². The fourth-order valence-corrected chi connectivity index (χ4v) is 4.24. The number of likely N-dealkylation sites (tertiary alicyclic amines) is 1. The van der Waals surface area contributed by atoms with E-state index in [9.17, 15) is 14.7 Å². The molecule has 0 bridgehead atoms. The van der Waals surface area contributed by atoms with Gasteiger partial charge in [0.25, 0.3) is 5.91 Å². The number of nitrogens with one attached hydrogen (secondary N) is 1. The SMILES string of the molecule is CCC[C@]1(CO)CCCN(C(=O)c2ccc(C)c(N3CCNC3=O)c2)C1. The Hall–Kier alpha value is -2.08. The van der Waals surface area contributed by atoms with Gasteiger partial charge in [-0.15, -0.1) is 0 Å². The van der Waals surface area contributed by atoms with Gasteiger partial charge in [-0.3, -0.25) is 9.69 Å². The van der Waals surface area contributed by atoms with Crippen molar-refractivity contribution >= 4 is 17.6 Å². The zero-order valence-corrected chi connectivity index (χ0v) is 15.8. The average Bonchev–Trinajstić information content (AvgIpc) is 3.08. The Kier molecular flexibility index (Phi) is 5.51. The number of aryl methyl sites for hydroxylation is 1. The molecule has 2 fully saturated rings. The van der Waals surface area contributed by atoms with Crippen molar-refractivity contribution in [3.05, 3.63) is 29.3 Å². The molecule has 3 rings (SSSR count). The molecule has 2 heterocycles. The first kappa shape index (κ1) is 18.7. The molecule has 3 amide bonds. The first-order chi connectivity index (χ1) is 12.5. The third kappa shape index (κ3) is 3.56. The normalized spacial score (nSPS) is 23.3. The molecule has 1 atom stereocenters. The van der Waals surface area contributed by atoms with Gasteiger partial charge in [0.05, 0.1) is 6.61 Å². The van der Waals surface area contributed by atoms with Crippen LogP contribution >= 0.6 is 0 Å². The molecule has 2 aliphatic heterocycles. The lowest BCUT2D eigenvalue weighted by Gasteiger charge is -2.42. The van der Waals surface area contributed by atoms with E-state index in [4.69, 9.17) is 0 Å². The highest BCUT2D eigenvalue weighted by Crippen LogP contribution is 2.35. The van der Waals surface area contributed by atoms with Crippen molar-refractivity contribution in [2.24, 2.45) is 5.41 Å². The molecule has 0 radical (unpaired) electrons. The highest BCUT2D eigenvalue weighted by Gasteiger charge is 2.36. The monoisotopic (exact) mass is 359 g/mol. The molecule has 6 heteroatoms. The number of aliphatic hydroxyl groups is 1. The summed E-state index contributed by atoms with van der Waals surface area (Å²) in [6.07, 6.45) is 3.81. The second-order valence-electron chi connectivity index (χ2n) is 7.62. The second-order valence-corrected chi connectivity index (χ2v) is 7.62. The average molecular weight is 359 g/mol. The summed E-state index contributed by atoms with van der Waals surface area (Å²) in [5.74, 6) is -0.0144. The molecule has 0 aromatic heterocycles. The minimum atomic E-state index is -0.176. The molecule has 2 N–H and O–H groups in total. The second kappa shape index (κ2) is 7.66. The maximum atomic E-state index is 13.1. The number of nitrogens with zero attached hydrogens (tertiary/aromatic N) is 2. The molecule has 142 valence electrons. The number of piperidine rings is 1. The number of carbonyl (C=O) groups excluding carboxylic acids is 2. The lowest BCUT2D eigenvalue weighted by molar-refractivity contribution is 0.0222. The van der Waals surface area contributed by atoms with Crippen LogP contribution in [-0.4, -0.2) is 54.7 Å². The summed E-state index contributed by atoms with van der Waals surface area (Å²) < 4.78 is 0. The first-order valence-corrected chi connectivity index (χ1v) is 9.56. The predicted octanol–water partition coefficient (Wildman–Crippen LogP) is 2.54. The number of benzene rings is 1. The Bertz CT molecular complexity index is 687. The number of aliphatic hydroxyl groups excluding tert-OH is 1. The van der Waals surface area contributed by atoms with Crippen LogP contribution in [0, 0.1) is 12.3 Å². The van der Waals surface area contributed by atoms with E-state index in [0.717, 1.165) is 43.5 Å². The fourth-order valence-electron chi connectivity index (χ4n) is 4.24. The van der Waals surface area contributed by atoms with Crippen LogP contribution in [0.2, 0.25) is 0 Å². The standard InChI is InChI=1S/C20H29N3O3/c1-3-7-20(14-24)8-4-10-22(13-20)18(25)16-6-5-15(2)17(12-16)23-11-9-21-19(23)26/h5-6,12,24H,3-4,7-11,13-14H2,1-2H3,(H,21,26)/t20-/m0/s1. The molecule has 1 aromatic rings. The van der Waals surface area contributed by atoms with E-state index in [0.29, 0.717) is 25.2 Å². The van der Waals surface area contributed by atoms with Crippen molar-refractivity contribution in [2.45, 2.75) is 39.5 Å². The molecule has 26 heavy (non-hydrogen) atoms. The number of hydrogen-bond donors (Lipinski definition) is 2. The van der Waals surface area contributed by atoms with E-state index < -0.39 is 0 Å². The van der Waals surface area contributed by atoms with E-state index in [1.807, 2.05) is 30.0 Å². The third-order valence-electron chi connectivity index (χ3n) is 5.67. The number of anilines is 1.